The van der Waals surface area contributed by atoms with E-state index in [9.17, 15) is 9.59 Å². The number of carboxylic acids is 1. The normalized spacial score (nSPS) is 12.2. The smallest absolute Gasteiger partial charge is 0.325 e. The number of carbonyl (C=O) groups excluding carboxylic acids is 1. The fourth-order valence-corrected chi connectivity index (χ4v) is 1.19. The first-order valence-electron chi connectivity index (χ1n) is 5.77. The predicted molar refractivity (Wildman–Crippen MR) is 71.5 cm³/mol. The van der Waals surface area contributed by atoms with Gasteiger partial charge in [-0.2, -0.15) is 5.26 Å². The number of nitriles is 1. The van der Waals surface area contributed by atoms with Crippen LogP contribution in [0.4, 0.5) is 5.69 Å². The van der Waals surface area contributed by atoms with Gasteiger partial charge < -0.3 is 15.7 Å². The first kappa shape index (κ1) is 15.2. The van der Waals surface area contributed by atoms with E-state index < -0.39 is 17.9 Å². The molecule has 0 spiro atoms. The van der Waals surface area contributed by atoms with E-state index in [1.54, 1.807) is 24.4 Å². The monoisotopic (exact) mass is 274 g/mol. The molecule has 1 aromatic heterocycles. The summed E-state index contributed by atoms with van der Waals surface area (Å²) >= 11 is 0. The molecule has 0 aromatic carbocycles. The molecule has 7 heteroatoms. The molecule has 1 heterocycles. The number of hydrogen-bond donors (Lipinski definition) is 3. The minimum Gasteiger partial charge on any atom is -0.480 e. The lowest BCUT2D eigenvalue weighted by atomic mass is 10.2. The molecule has 20 heavy (non-hydrogen) atoms. The van der Waals surface area contributed by atoms with Crippen molar-refractivity contribution in [2.75, 3.05) is 5.32 Å². The molecule has 104 valence electrons. The molecule has 0 fully saturated rings. The molecule has 0 aliphatic rings. The zero-order chi connectivity index (χ0) is 15.1. The van der Waals surface area contributed by atoms with E-state index in [2.05, 4.69) is 15.6 Å². The van der Waals surface area contributed by atoms with Crippen LogP contribution in [0.1, 0.15) is 12.6 Å². The van der Waals surface area contributed by atoms with Crippen LogP contribution in [-0.2, 0) is 9.59 Å². The number of nitrogens with one attached hydrogen (secondary N) is 2. The standard InChI is InChI=1S/C13H14N4O3/c1-8-3-4-11(7-15-8)16-6-10(5-14)12(18)17-9(2)13(19)20/h3-4,6-7,9,16H,1-2H3,(H,17,18)(H,19,20)/b10-6-. The van der Waals surface area contributed by atoms with Crippen LogP contribution in [0.3, 0.4) is 0 Å². The summed E-state index contributed by atoms with van der Waals surface area (Å²) in [6.07, 6.45) is 2.76. The quantitative estimate of drug-likeness (QED) is 0.540. The van der Waals surface area contributed by atoms with Crippen LogP contribution >= 0.6 is 0 Å². The molecular formula is C13H14N4O3. The van der Waals surface area contributed by atoms with Crippen molar-refractivity contribution in [2.24, 2.45) is 0 Å². The van der Waals surface area contributed by atoms with Gasteiger partial charge in [0.15, 0.2) is 0 Å². The molecule has 0 aliphatic carbocycles. The maximum absolute atomic E-state index is 11.6. The second-order valence-electron chi connectivity index (χ2n) is 4.04. The van der Waals surface area contributed by atoms with Gasteiger partial charge in [0.1, 0.15) is 17.7 Å². The highest BCUT2D eigenvalue weighted by atomic mass is 16.4. The molecule has 1 unspecified atom stereocenters. The first-order valence-corrected chi connectivity index (χ1v) is 5.77. The molecule has 0 saturated carbocycles. The van der Waals surface area contributed by atoms with E-state index in [1.807, 2.05) is 6.92 Å². The first-order chi connectivity index (χ1) is 9.43. The zero-order valence-corrected chi connectivity index (χ0v) is 11.0. The fraction of sp³-hybridized carbons (Fsp3) is 0.231. The molecule has 1 aromatic rings. The van der Waals surface area contributed by atoms with Gasteiger partial charge in [-0.05, 0) is 26.0 Å². The predicted octanol–water partition coefficient (Wildman–Crippen LogP) is 0.799. The molecule has 1 rings (SSSR count). The number of amides is 1. The van der Waals surface area contributed by atoms with Crippen molar-refractivity contribution in [2.45, 2.75) is 19.9 Å². The number of carboxylic acid groups (broad SMARTS) is 1. The summed E-state index contributed by atoms with van der Waals surface area (Å²) in [6, 6.07) is 4.15. The second-order valence-corrected chi connectivity index (χ2v) is 4.04. The van der Waals surface area contributed by atoms with Crippen LogP contribution in [0.15, 0.2) is 30.1 Å². The van der Waals surface area contributed by atoms with E-state index in [-0.39, 0.29) is 5.57 Å². The van der Waals surface area contributed by atoms with Gasteiger partial charge in [0.25, 0.3) is 5.91 Å². The molecule has 0 radical (unpaired) electrons. The minimum absolute atomic E-state index is 0.223. The number of pyridine rings is 1. The fourth-order valence-electron chi connectivity index (χ4n) is 1.19. The molecule has 0 bridgehead atoms. The van der Waals surface area contributed by atoms with Crippen molar-refractivity contribution >= 4 is 17.6 Å². The number of aliphatic carboxylic acids is 1. The van der Waals surface area contributed by atoms with Crippen molar-refractivity contribution in [1.82, 2.24) is 10.3 Å². The summed E-state index contributed by atoms with van der Waals surface area (Å²) in [6.45, 7) is 3.15. The average Bonchev–Trinajstić information content (AvgIpc) is 2.41. The lowest BCUT2D eigenvalue weighted by molar-refractivity contribution is -0.140. The Morgan fingerprint density at radius 1 is 1.50 bits per heavy atom. The molecule has 0 saturated heterocycles. The van der Waals surface area contributed by atoms with Gasteiger partial charge in [0, 0.05) is 11.9 Å². The Labute approximate surface area is 115 Å². The number of aromatic nitrogens is 1. The summed E-state index contributed by atoms with van der Waals surface area (Å²) in [4.78, 5) is 26.3. The van der Waals surface area contributed by atoms with Crippen LogP contribution in [0.25, 0.3) is 0 Å². The lowest BCUT2D eigenvalue weighted by Gasteiger charge is -2.08. The molecule has 1 atom stereocenters. The number of anilines is 1. The molecule has 7 nitrogen and oxygen atoms in total. The van der Waals surface area contributed by atoms with Crippen LogP contribution in [-0.4, -0.2) is 28.0 Å². The van der Waals surface area contributed by atoms with E-state index in [1.165, 1.54) is 13.1 Å². The van der Waals surface area contributed by atoms with Crippen LogP contribution in [0.2, 0.25) is 0 Å². The Hall–Kier alpha value is -2.88. The van der Waals surface area contributed by atoms with Gasteiger partial charge in [-0.25, -0.2) is 0 Å². The maximum Gasteiger partial charge on any atom is 0.325 e. The molecule has 0 aliphatic heterocycles. The summed E-state index contributed by atoms with van der Waals surface area (Å²) in [5.74, 6) is -1.93. The van der Waals surface area contributed by atoms with E-state index in [4.69, 9.17) is 10.4 Å². The average molecular weight is 274 g/mol. The van der Waals surface area contributed by atoms with Crippen LogP contribution in [0, 0.1) is 18.3 Å². The van der Waals surface area contributed by atoms with Crippen LogP contribution in [0.5, 0.6) is 0 Å². The Morgan fingerprint density at radius 2 is 2.20 bits per heavy atom. The third-order valence-electron chi connectivity index (χ3n) is 2.38. The van der Waals surface area contributed by atoms with Gasteiger partial charge >= 0.3 is 5.97 Å². The van der Waals surface area contributed by atoms with Gasteiger partial charge in [0.2, 0.25) is 0 Å². The zero-order valence-electron chi connectivity index (χ0n) is 11.0. The SMILES string of the molecule is Cc1ccc(N/C=C(/C#N)C(=O)NC(C)C(=O)O)cn1. The highest BCUT2D eigenvalue weighted by Crippen LogP contribution is 2.06. The Morgan fingerprint density at radius 3 is 2.70 bits per heavy atom. The van der Waals surface area contributed by atoms with Crippen molar-refractivity contribution in [3.63, 3.8) is 0 Å². The molecule has 3 N–H and O–H groups in total. The number of aryl methyl sites for hydroxylation is 1. The van der Waals surface area contributed by atoms with Crippen molar-refractivity contribution in [3.8, 4) is 6.07 Å². The second kappa shape index (κ2) is 6.89. The number of hydrogen-bond acceptors (Lipinski definition) is 5. The van der Waals surface area contributed by atoms with Crippen molar-refractivity contribution in [3.05, 3.63) is 35.8 Å². The number of rotatable bonds is 5. The summed E-state index contributed by atoms with van der Waals surface area (Å²) < 4.78 is 0. The number of carbonyl (C=O) groups is 2. The minimum atomic E-state index is -1.17. The number of nitrogens with zero attached hydrogens (tertiary/aromatic N) is 2. The Balaban J connectivity index is 2.73. The van der Waals surface area contributed by atoms with E-state index in [0.717, 1.165) is 5.69 Å². The molecule has 1 amide bonds. The maximum atomic E-state index is 11.6. The summed E-state index contributed by atoms with van der Waals surface area (Å²) in [5, 5.41) is 22.5. The van der Waals surface area contributed by atoms with Gasteiger partial charge in [-0.3, -0.25) is 14.6 Å². The van der Waals surface area contributed by atoms with Gasteiger partial charge in [0.05, 0.1) is 11.9 Å². The highest BCUT2D eigenvalue weighted by molar-refractivity contribution is 5.99. The Bertz CT molecular complexity index is 572. The van der Waals surface area contributed by atoms with Gasteiger partial charge in [-0.15, -0.1) is 0 Å². The van der Waals surface area contributed by atoms with Crippen molar-refractivity contribution < 1.29 is 14.7 Å². The lowest BCUT2D eigenvalue weighted by Crippen LogP contribution is -2.39. The molecular weight excluding hydrogens is 260 g/mol. The largest absolute Gasteiger partial charge is 0.480 e. The van der Waals surface area contributed by atoms with E-state index >= 15 is 0 Å². The summed E-state index contributed by atoms with van der Waals surface area (Å²) in [7, 11) is 0. The van der Waals surface area contributed by atoms with Crippen molar-refractivity contribution in [1.29, 1.82) is 5.26 Å². The highest BCUT2D eigenvalue weighted by Gasteiger charge is 2.16. The Kier molecular flexibility index (Phi) is 5.23. The third-order valence-corrected chi connectivity index (χ3v) is 2.38. The summed E-state index contributed by atoms with van der Waals surface area (Å²) in [5.41, 5.74) is 1.23. The third kappa shape index (κ3) is 4.42. The van der Waals surface area contributed by atoms with Crippen LogP contribution < -0.4 is 10.6 Å². The van der Waals surface area contributed by atoms with E-state index in [0.29, 0.717) is 5.69 Å². The topological polar surface area (TPSA) is 115 Å². The van der Waals surface area contributed by atoms with Gasteiger partial charge in [-0.1, -0.05) is 0 Å².